The lowest BCUT2D eigenvalue weighted by Crippen LogP contribution is -2.28. The third-order valence-corrected chi connectivity index (χ3v) is 3.25. The summed E-state index contributed by atoms with van der Waals surface area (Å²) in [5.41, 5.74) is 6.41. The molecule has 0 bridgehead atoms. The predicted molar refractivity (Wildman–Crippen MR) is 68.0 cm³/mol. The van der Waals surface area contributed by atoms with Crippen molar-refractivity contribution in [3.63, 3.8) is 0 Å². The minimum Gasteiger partial charge on any atom is -0.485 e. The van der Waals surface area contributed by atoms with E-state index in [2.05, 4.69) is 15.9 Å². The summed E-state index contributed by atoms with van der Waals surface area (Å²) in [5.74, 6) is 0.653. The van der Waals surface area contributed by atoms with Crippen LogP contribution in [0.2, 0.25) is 5.02 Å². The number of ether oxygens (including phenoxy) is 2. The van der Waals surface area contributed by atoms with Crippen LogP contribution >= 0.6 is 27.5 Å². The SMILES string of the molecule is Nc1cc(Cl)cc(Br)c1OC1CCCOC1. The molecule has 1 unspecified atom stereocenters. The molecule has 1 saturated heterocycles. The summed E-state index contributed by atoms with van der Waals surface area (Å²) in [5, 5.41) is 0.594. The summed E-state index contributed by atoms with van der Waals surface area (Å²) in [6, 6.07) is 3.46. The zero-order valence-corrected chi connectivity index (χ0v) is 11.1. The van der Waals surface area contributed by atoms with E-state index < -0.39 is 0 Å². The summed E-state index contributed by atoms with van der Waals surface area (Å²) in [4.78, 5) is 0. The molecule has 1 heterocycles. The molecule has 1 aromatic carbocycles. The molecule has 0 spiro atoms. The van der Waals surface area contributed by atoms with E-state index in [4.69, 9.17) is 26.8 Å². The van der Waals surface area contributed by atoms with Crippen LogP contribution in [0.25, 0.3) is 0 Å². The van der Waals surface area contributed by atoms with E-state index in [1.54, 1.807) is 12.1 Å². The molecule has 2 rings (SSSR count). The summed E-state index contributed by atoms with van der Waals surface area (Å²) < 4.78 is 11.9. The minimum absolute atomic E-state index is 0.0773. The molecule has 3 nitrogen and oxygen atoms in total. The van der Waals surface area contributed by atoms with Gasteiger partial charge in [-0.2, -0.15) is 0 Å². The Morgan fingerprint density at radius 2 is 2.31 bits per heavy atom. The lowest BCUT2D eigenvalue weighted by atomic mass is 10.2. The molecule has 1 atom stereocenters. The lowest BCUT2D eigenvalue weighted by molar-refractivity contribution is 0.00745. The Balaban J connectivity index is 2.14. The summed E-state index contributed by atoms with van der Waals surface area (Å²) in [6.07, 6.45) is 2.10. The fraction of sp³-hybridized carbons (Fsp3) is 0.455. The first-order valence-electron chi connectivity index (χ1n) is 5.16. The summed E-state index contributed by atoms with van der Waals surface area (Å²) >= 11 is 9.27. The Morgan fingerprint density at radius 1 is 1.50 bits per heavy atom. The molecule has 1 aliphatic heterocycles. The van der Waals surface area contributed by atoms with Gasteiger partial charge < -0.3 is 15.2 Å². The largest absolute Gasteiger partial charge is 0.485 e. The number of halogens is 2. The molecule has 1 aliphatic rings. The molecule has 88 valence electrons. The first-order chi connectivity index (χ1) is 7.66. The van der Waals surface area contributed by atoms with E-state index in [9.17, 15) is 0 Å². The van der Waals surface area contributed by atoms with Crippen molar-refractivity contribution in [1.29, 1.82) is 0 Å². The van der Waals surface area contributed by atoms with Crippen LogP contribution in [-0.2, 0) is 4.74 Å². The molecular weight excluding hydrogens is 293 g/mol. The molecule has 0 saturated carbocycles. The third kappa shape index (κ3) is 2.81. The van der Waals surface area contributed by atoms with Crippen LogP contribution in [0.5, 0.6) is 5.75 Å². The smallest absolute Gasteiger partial charge is 0.156 e. The van der Waals surface area contributed by atoms with Crippen molar-refractivity contribution in [3.05, 3.63) is 21.6 Å². The van der Waals surface area contributed by atoms with Gasteiger partial charge in [0.05, 0.1) is 16.8 Å². The van der Waals surface area contributed by atoms with E-state index in [0.29, 0.717) is 23.1 Å². The number of nitrogens with two attached hydrogens (primary N) is 1. The molecule has 1 aromatic rings. The zero-order chi connectivity index (χ0) is 11.5. The van der Waals surface area contributed by atoms with Gasteiger partial charge in [-0.05, 0) is 40.9 Å². The Labute approximate surface area is 108 Å². The average molecular weight is 307 g/mol. The molecule has 2 N–H and O–H groups in total. The van der Waals surface area contributed by atoms with Gasteiger partial charge >= 0.3 is 0 Å². The van der Waals surface area contributed by atoms with Gasteiger partial charge in [0.2, 0.25) is 0 Å². The number of hydrogen-bond acceptors (Lipinski definition) is 3. The monoisotopic (exact) mass is 305 g/mol. The number of hydrogen-bond donors (Lipinski definition) is 1. The molecule has 0 aliphatic carbocycles. The van der Waals surface area contributed by atoms with Crippen molar-refractivity contribution < 1.29 is 9.47 Å². The zero-order valence-electron chi connectivity index (χ0n) is 8.71. The summed E-state index contributed by atoms with van der Waals surface area (Å²) in [6.45, 7) is 1.44. The quantitative estimate of drug-likeness (QED) is 0.853. The van der Waals surface area contributed by atoms with Crippen LogP contribution in [0.15, 0.2) is 16.6 Å². The van der Waals surface area contributed by atoms with E-state index >= 15 is 0 Å². The third-order valence-electron chi connectivity index (χ3n) is 2.44. The van der Waals surface area contributed by atoms with Crippen LogP contribution in [0.3, 0.4) is 0 Å². The maximum atomic E-state index is 5.87. The fourth-order valence-electron chi connectivity index (χ4n) is 1.68. The van der Waals surface area contributed by atoms with Crippen LogP contribution < -0.4 is 10.5 Å². The second kappa shape index (κ2) is 5.25. The van der Waals surface area contributed by atoms with Gasteiger partial charge in [-0.3, -0.25) is 0 Å². The Kier molecular flexibility index (Phi) is 3.95. The average Bonchev–Trinajstić information content (AvgIpc) is 2.25. The maximum Gasteiger partial charge on any atom is 0.156 e. The molecular formula is C11H13BrClNO2. The summed E-state index contributed by atoms with van der Waals surface area (Å²) in [7, 11) is 0. The highest BCUT2D eigenvalue weighted by Crippen LogP contribution is 2.35. The van der Waals surface area contributed by atoms with Crippen molar-refractivity contribution in [2.75, 3.05) is 18.9 Å². The van der Waals surface area contributed by atoms with Crippen LogP contribution in [0.4, 0.5) is 5.69 Å². The van der Waals surface area contributed by atoms with Crippen molar-refractivity contribution in [2.24, 2.45) is 0 Å². The van der Waals surface area contributed by atoms with Gasteiger partial charge in [-0.1, -0.05) is 11.6 Å². The van der Waals surface area contributed by atoms with E-state index in [-0.39, 0.29) is 6.10 Å². The van der Waals surface area contributed by atoms with Crippen molar-refractivity contribution >= 4 is 33.2 Å². The lowest BCUT2D eigenvalue weighted by Gasteiger charge is -2.24. The molecule has 1 fully saturated rings. The molecule has 0 radical (unpaired) electrons. The fourth-order valence-corrected chi connectivity index (χ4v) is 2.60. The van der Waals surface area contributed by atoms with E-state index in [0.717, 1.165) is 23.9 Å². The second-order valence-corrected chi connectivity index (χ2v) is 5.05. The highest BCUT2D eigenvalue weighted by atomic mass is 79.9. The normalized spacial score (nSPS) is 20.8. The second-order valence-electron chi connectivity index (χ2n) is 3.76. The number of nitrogen functional groups attached to an aromatic ring is 1. The number of anilines is 1. The van der Waals surface area contributed by atoms with E-state index in [1.165, 1.54) is 0 Å². The van der Waals surface area contributed by atoms with Gasteiger partial charge in [-0.25, -0.2) is 0 Å². The highest BCUT2D eigenvalue weighted by molar-refractivity contribution is 9.10. The van der Waals surface area contributed by atoms with Gasteiger partial charge in [0.25, 0.3) is 0 Å². The van der Waals surface area contributed by atoms with Crippen molar-refractivity contribution in [3.8, 4) is 5.75 Å². The van der Waals surface area contributed by atoms with E-state index in [1.807, 2.05) is 0 Å². The Morgan fingerprint density at radius 3 is 2.94 bits per heavy atom. The van der Waals surface area contributed by atoms with Crippen LogP contribution in [0.1, 0.15) is 12.8 Å². The van der Waals surface area contributed by atoms with Gasteiger partial charge in [0.1, 0.15) is 6.10 Å². The van der Waals surface area contributed by atoms with Crippen LogP contribution in [-0.4, -0.2) is 19.3 Å². The van der Waals surface area contributed by atoms with Crippen molar-refractivity contribution in [2.45, 2.75) is 18.9 Å². The Bertz CT molecular complexity index is 357. The predicted octanol–water partition coefficient (Wildman–Crippen LogP) is 3.24. The van der Waals surface area contributed by atoms with Crippen LogP contribution in [0, 0.1) is 0 Å². The first-order valence-corrected chi connectivity index (χ1v) is 6.33. The van der Waals surface area contributed by atoms with Gasteiger partial charge in [0, 0.05) is 11.6 Å². The molecule has 0 aromatic heterocycles. The van der Waals surface area contributed by atoms with Gasteiger partial charge in [-0.15, -0.1) is 0 Å². The molecule has 16 heavy (non-hydrogen) atoms. The van der Waals surface area contributed by atoms with Gasteiger partial charge in [0.15, 0.2) is 5.75 Å². The van der Waals surface area contributed by atoms with Crippen molar-refractivity contribution in [1.82, 2.24) is 0 Å². The topological polar surface area (TPSA) is 44.5 Å². The minimum atomic E-state index is 0.0773. The number of rotatable bonds is 2. The Hall–Kier alpha value is -0.450. The highest BCUT2D eigenvalue weighted by Gasteiger charge is 2.18. The molecule has 0 amide bonds. The standard InChI is InChI=1S/C11H13BrClNO2/c12-9-4-7(13)5-10(14)11(9)16-8-2-1-3-15-6-8/h4-5,8H,1-3,6,14H2. The number of benzene rings is 1. The molecule has 5 heteroatoms. The first kappa shape index (κ1) is 12.0. The maximum absolute atomic E-state index is 5.87.